The van der Waals surface area contributed by atoms with E-state index >= 15 is 0 Å². The molecule has 0 saturated carbocycles. The van der Waals surface area contributed by atoms with E-state index in [9.17, 15) is 8.42 Å². The lowest BCUT2D eigenvalue weighted by molar-refractivity contribution is 0.210. The van der Waals surface area contributed by atoms with E-state index in [0.717, 1.165) is 0 Å². The number of pyridine rings is 1. The summed E-state index contributed by atoms with van der Waals surface area (Å²) in [6, 6.07) is 12.2. The maximum Gasteiger partial charge on any atom is 0.265 e. The lowest BCUT2D eigenvalue weighted by Crippen LogP contribution is -2.30. The molecule has 0 aliphatic rings. The zero-order chi connectivity index (χ0) is 16.7. The van der Waals surface area contributed by atoms with Crippen LogP contribution < -0.4 is 9.62 Å². The molecule has 0 atom stereocenters. The van der Waals surface area contributed by atoms with E-state index in [4.69, 9.17) is 4.74 Å². The monoisotopic (exact) mass is 335 g/mol. The first kappa shape index (κ1) is 17.2. The zero-order valence-corrected chi connectivity index (χ0v) is 14.1. The first-order valence-electron chi connectivity index (χ1n) is 7.36. The van der Waals surface area contributed by atoms with Crippen LogP contribution in [0.3, 0.4) is 0 Å². The molecule has 0 bridgehead atoms. The van der Waals surface area contributed by atoms with Crippen LogP contribution in [-0.2, 0) is 14.8 Å². The average Bonchev–Trinajstić information content (AvgIpc) is 2.57. The third-order valence-electron chi connectivity index (χ3n) is 3.27. The van der Waals surface area contributed by atoms with Crippen molar-refractivity contribution >= 4 is 21.5 Å². The Balaban J connectivity index is 2.21. The highest BCUT2D eigenvalue weighted by Crippen LogP contribution is 2.23. The predicted molar refractivity (Wildman–Crippen MR) is 91.3 cm³/mol. The normalized spacial score (nSPS) is 11.2. The molecule has 2 rings (SSSR count). The first-order valence-corrected chi connectivity index (χ1v) is 8.80. The Hall–Kier alpha value is -2.12. The highest BCUT2D eigenvalue weighted by atomic mass is 32.2. The Bertz CT molecular complexity index is 703. The number of anilines is 2. The SMILES string of the molecule is CCN(c1ccccc1)S(=O)(=O)c1ccc(NCCOC)nc1. The molecular weight excluding hydrogens is 314 g/mol. The third kappa shape index (κ3) is 4.20. The second-order valence-electron chi connectivity index (χ2n) is 4.80. The van der Waals surface area contributed by atoms with Gasteiger partial charge in [-0.05, 0) is 31.2 Å². The number of nitrogens with zero attached hydrogens (tertiary/aromatic N) is 2. The first-order chi connectivity index (χ1) is 11.1. The van der Waals surface area contributed by atoms with Gasteiger partial charge >= 0.3 is 0 Å². The highest BCUT2D eigenvalue weighted by Gasteiger charge is 2.23. The van der Waals surface area contributed by atoms with Crippen molar-refractivity contribution in [2.45, 2.75) is 11.8 Å². The van der Waals surface area contributed by atoms with Crippen molar-refractivity contribution in [1.82, 2.24) is 4.98 Å². The molecule has 0 saturated heterocycles. The fourth-order valence-electron chi connectivity index (χ4n) is 2.13. The summed E-state index contributed by atoms with van der Waals surface area (Å²) < 4.78 is 31.9. The molecule has 23 heavy (non-hydrogen) atoms. The van der Waals surface area contributed by atoms with E-state index in [1.165, 1.54) is 10.5 Å². The van der Waals surface area contributed by atoms with Crippen molar-refractivity contribution in [3.8, 4) is 0 Å². The Morgan fingerprint density at radius 1 is 1.17 bits per heavy atom. The number of aromatic nitrogens is 1. The second-order valence-corrected chi connectivity index (χ2v) is 6.67. The minimum absolute atomic E-state index is 0.167. The summed E-state index contributed by atoms with van der Waals surface area (Å²) in [5.41, 5.74) is 0.636. The van der Waals surface area contributed by atoms with Crippen molar-refractivity contribution in [1.29, 1.82) is 0 Å². The van der Waals surface area contributed by atoms with Crippen LogP contribution in [0, 0.1) is 0 Å². The Morgan fingerprint density at radius 3 is 2.48 bits per heavy atom. The number of hydrogen-bond acceptors (Lipinski definition) is 5. The van der Waals surface area contributed by atoms with E-state index in [1.807, 2.05) is 18.2 Å². The number of sulfonamides is 1. The van der Waals surface area contributed by atoms with Crippen molar-refractivity contribution in [3.05, 3.63) is 48.7 Å². The number of benzene rings is 1. The lowest BCUT2D eigenvalue weighted by Gasteiger charge is -2.22. The van der Waals surface area contributed by atoms with Gasteiger partial charge in [-0.15, -0.1) is 0 Å². The van der Waals surface area contributed by atoms with E-state index in [0.29, 0.717) is 31.2 Å². The van der Waals surface area contributed by atoms with Crippen LogP contribution in [0.4, 0.5) is 11.5 Å². The Labute approximate surface area is 137 Å². The number of para-hydroxylation sites is 1. The van der Waals surface area contributed by atoms with Crippen molar-refractivity contribution in [3.63, 3.8) is 0 Å². The van der Waals surface area contributed by atoms with Gasteiger partial charge in [-0.1, -0.05) is 18.2 Å². The van der Waals surface area contributed by atoms with Gasteiger partial charge in [0, 0.05) is 26.4 Å². The molecule has 2 aromatic rings. The number of nitrogens with one attached hydrogen (secondary N) is 1. The predicted octanol–water partition coefficient (Wildman–Crippen LogP) is 2.36. The number of hydrogen-bond donors (Lipinski definition) is 1. The number of ether oxygens (including phenoxy) is 1. The molecule has 7 heteroatoms. The Kier molecular flexibility index (Phi) is 5.95. The molecule has 0 fully saturated rings. The van der Waals surface area contributed by atoms with Crippen LogP contribution in [0.1, 0.15) is 6.92 Å². The summed E-state index contributed by atoms with van der Waals surface area (Å²) in [5, 5.41) is 3.05. The molecule has 0 aliphatic heterocycles. The molecule has 1 aromatic carbocycles. The molecule has 0 unspecified atom stereocenters. The molecule has 0 radical (unpaired) electrons. The summed E-state index contributed by atoms with van der Waals surface area (Å²) >= 11 is 0. The molecule has 1 aromatic heterocycles. The summed E-state index contributed by atoms with van der Waals surface area (Å²) in [4.78, 5) is 4.32. The minimum atomic E-state index is -3.63. The zero-order valence-electron chi connectivity index (χ0n) is 13.3. The van der Waals surface area contributed by atoms with Crippen molar-refractivity contribution < 1.29 is 13.2 Å². The molecule has 6 nitrogen and oxygen atoms in total. The third-order valence-corrected chi connectivity index (χ3v) is 5.15. The van der Waals surface area contributed by atoms with E-state index in [1.54, 1.807) is 38.3 Å². The molecule has 1 heterocycles. The Morgan fingerprint density at radius 2 is 1.91 bits per heavy atom. The van der Waals surface area contributed by atoms with Gasteiger partial charge in [-0.25, -0.2) is 13.4 Å². The molecule has 0 amide bonds. The van der Waals surface area contributed by atoms with Crippen LogP contribution in [0.2, 0.25) is 0 Å². The second kappa shape index (κ2) is 7.94. The minimum Gasteiger partial charge on any atom is -0.383 e. The summed E-state index contributed by atoms with van der Waals surface area (Å²) in [7, 11) is -2.01. The van der Waals surface area contributed by atoms with Crippen LogP contribution in [0.5, 0.6) is 0 Å². The summed E-state index contributed by atoms with van der Waals surface area (Å²) in [6.07, 6.45) is 1.37. The summed E-state index contributed by atoms with van der Waals surface area (Å²) in [5.74, 6) is 0.615. The van der Waals surface area contributed by atoms with Gasteiger partial charge in [0.05, 0.1) is 12.3 Å². The maximum atomic E-state index is 12.8. The summed E-state index contributed by atoms with van der Waals surface area (Å²) in [6.45, 7) is 3.32. The van der Waals surface area contributed by atoms with Gasteiger partial charge in [-0.2, -0.15) is 0 Å². The fourth-order valence-corrected chi connectivity index (χ4v) is 3.55. The highest BCUT2D eigenvalue weighted by molar-refractivity contribution is 7.92. The van der Waals surface area contributed by atoms with E-state index in [2.05, 4.69) is 10.3 Å². The van der Waals surface area contributed by atoms with Gasteiger partial charge < -0.3 is 10.1 Å². The molecule has 0 aliphatic carbocycles. The van der Waals surface area contributed by atoms with Crippen LogP contribution in [0.25, 0.3) is 0 Å². The van der Waals surface area contributed by atoms with E-state index < -0.39 is 10.0 Å². The number of rotatable bonds is 8. The topological polar surface area (TPSA) is 71.5 Å². The molecule has 0 spiro atoms. The quantitative estimate of drug-likeness (QED) is 0.750. The molecule has 1 N–H and O–H groups in total. The van der Waals surface area contributed by atoms with Crippen LogP contribution in [-0.4, -0.2) is 40.2 Å². The van der Waals surface area contributed by atoms with Gasteiger partial charge in [0.2, 0.25) is 0 Å². The standard InChI is InChI=1S/C16H21N3O3S/c1-3-19(14-7-5-4-6-8-14)23(20,21)15-9-10-16(18-13-15)17-11-12-22-2/h4-10,13H,3,11-12H2,1-2H3,(H,17,18). The van der Waals surface area contributed by atoms with Crippen LogP contribution in [0.15, 0.2) is 53.6 Å². The maximum absolute atomic E-state index is 12.8. The lowest BCUT2D eigenvalue weighted by atomic mass is 10.3. The van der Waals surface area contributed by atoms with E-state index in [-0.39, 0.29) is 4.90 Å². The van der Waals surface area contributed by atoms with Gasteiger partial charge in [-0.3, -0.25) is 4.31 Å². The fraction of sp³-hybridized carbons (Fsp3) is 0.312. The van der Waals surface area contributed by atoms with Gasteiger partial charge in [0.15, 0.2) is 0 Å². The molecule has 124 valence electrons. The smallest absolute Gasteiger partial charge is 0.265 e. The largest absolute Gasteiger partial charge is 0.383 e. The van der Waals surface area contributed by atoms with Crippen LogP contribution >= 0.6 is 0 Å². The van der Waals surface area contributed by atoms with Crippen molar-refractivity contribution in [2.75, 3.05) is 36.4 Å². The average molecular weight is 335 g/mol. The van der Waals surface area contributed by atoms with Gasteiger partial charge in [0.1, 0.15) is 10.7 Å². The molecular formula is C16H21N3O3S. The van der Waals surface area contributed by atoms with Crippen molar-refractivity contribution in [2.24, 2.45) is 0 Å². The van der Waals surface area contributed by atoms with Gasteiger partial charge in [0.25, 0.3) is 10.0 Å². The number of methoxy groups -OCH3 is 1.